The number of rotatable bonds is 6. The van der Waals surface area contributed by atoms with Gasteiger partial charge in [0, 0.05) is 24.2 Å². The first kappa shape index (κ1) is 23.0. The van der Waals surface area contributed by atoms with Crippen LogP contribution in [0.1, 0.15) is 18.4 Å². The lowest BCUT2D eigenvalue weighted by Crippen LogP contribution is -2.27. The SMILES string of the molecule is Cc1cc(SCC(=O)Nc2ccc(F)c(Cl)c2)nc2ccc(S(=O)(=O)N3CCCC3)cc12. The van der Waals surface area contributed by atoms with E-state index in [4.69, 9.17) is 11.6 Å². The predicted octanol–water partition coefficient (Wildman–Crippen LogP) is 4.85. The summed E-state index contributed by atoms with van der Waals surface area (Å²) in [5.41, 5.74) is 1.96. The van der Waals surface area contributed by atoms with Gasteiger partial charge in [-0.25, -0.2) is 17.8 Å². The van der Waals surface area contributed by atoms with E-state index in [1.807, 2.05) is 13.0 Å². The zero-order valence-corrected chi connectivity index (χ0v) is 19.7. The van der Waals surface area contributed by atoms with Crippen molar-refractivity contribution in [2.45, 2.75) is 29.7 Å². The van der Waals surface area contributed by atoms with E-state index < -0.39 is 15.8 Å². The van der Waals surface area contributed by atoms with Gasteiger partial charge in [0.05, 0.1) is 26.2 Å². The summed E-state index contributed by atoms with van der Waals surface area (Å²) in [4.78, 5) is 17.1. The van der Waals surface area contributed by atoms with Gasteiger partial charge < -0.3 is 5.32 Å². The number of fused-ring (bicyclic) bond motifs is 1. The van der Waals surface area contributed by atoms with Crippen molar-refractivity contribution in [3.05, 3.63) is 58.9 Å². The number of carbonyl (C=O) groups is 1. The van der Waals surface area contributed by atoms with Crippen LogP contribution in [-0.4, -0.2) is 42.5 Å². The molecule has 0 unspecified atom stereocenters. The number of sulfonamides is 1. The van der Waals surface area contributed by atoms with Gasteiger partial charge in [0.25, 0.3) is 0 Å². The Morgan fingerprint density at radius 3 is 2.66 bits per heavy atom. The first-order chi connectivity index (χ1) is 15.2. The largest absolute Gasteiger partial charge is 0.325 e. The van der Waals surface area contributed by atoms with Gasteiger partial charge in [0.1, 0.15) is 5.82 Å². The number of halogens is 2. The average molecular weight is 494 g/mol. The number of pyridine rings is 1. The number of carbonyl (C=O) groups excluding carboxylic acids is 1. The van der Waals surface area contributed by atoms with Crippen LogP contribution in [0.2, 0.25) is 5.02 Å². The predicted molar refractivity (Wildman–Crippen MR) is 125 cm³/mol. The van der Waals surface area contributed by atoms with E-state index in [1.54, 1.807) is 18.2 Å². The van der Waals surface area contributed by atoms with Crippen LogP contribution in [0, 0.1) is 12.7 Å². The molecule has 0 saturated carbocycles. The highest BCUT2D eigenvalue weighted by Gasteiger charge is 2.27. The van der Waals surface area contributed by atoms with Crippen molar-refractivity contribution in [3.8, 4) is 0 Å². The summed E-state index contributed by atoms with van der Waals surface area (Å²) in [6, 6.07) is 10.8. The summed E-state index contributed by atoms with van der Waals surface area (Å²) in [6.45, 7) is 3.00. The maximum Gasteiger partial charge on any atom is 0.243 e. The molecule has 0 atom stereocenters. The highest BCUT2D eigenvalue weighted by atomic mass is 35.5. The molecule has 10 heteroatoms. The molecule has 1 aliphatic rings. The molecule has 0 spiro atoms. The monoisotopic (exact) mass is 493 g/mol. The van der Waals surface area contributed by atoms with Crippen LogP contribution in [-0.2, 0) is 14.8 Å². The van der Waals surface area contributed by atoms with E-state index >= 15 is 0 Å². The highest BCUT2D eigenvalue weighted by Crippen LogP contribution is 2.28. The smallest absolute Gasteiger partial charge is 0.243 e. The fourth-order valence-electron chi connectivity index (χ4n) is 3.56. The van der Waals surface area contributed by atoms with Crippen molar-refractivity contribution in [1.29, 1.82) is 0 Å². The van der Waals surface area contributed by atoms with Crippen LogP contribution < -0.4 is 5.32 Å². The first-order valence-corrected chi connectivity index (χ1v) is 12.8. The van der Waals surface area contributed by atoms with Gasteiger partial charge in [0.15, 0.2) is 0 Å². The maximum atomic E-state index is 13.2. The summed E-state index contributed by atoms with van der Waals surface area (Å²) < 4.78 is 40.5. The summed E-state index contributed by atoms with van der Waals surface area (Å²) in [5, 5.41) is 4.03. The molecular weight excluding hydrogens is 473 g/mol. The van der Waals surface area contributed by atoms with Crippen molar-refractivity contribution in [1.82, 2.24) is 9.29 Å². The number of benzene rings is 2. The molecule has 1 saturated heterocycles. The van der Waals surface area contributed by atoms with E-state index in [1.165, 1.54) is 34.3 Å². The van der Waals surface area contributed by atoms with E-state index in [0.29, 0.717) is 29.3 Å². The summed E-state index contributed by atoms with van der Waals surface area (Å²) >= 11 is 6.99. The van der Waals surface area contributed by atoms with E-state index in [-0.39, 0.29) is 21.6 Å². The minimum absolute atomic E-state index is 0.0617. The maximum absolute atomic E-state index is 13.2. The molecular formula is C22H21ClFN3O3S2. The molecule has 6 nitrogen and oxygen atoms in total. The van der Waals surface area contributed by atoms with Crippen LogP contribution in [0.25, 0.3) is 10.9 Å². The Morgan fingerprint density at radius 1 is 1.19 bits per heavy atom. The van der Waals surface area contributed by atoms with Crippen LogP contribution in [0.4, 0.5) is 10.1 Å². The molecule has 1 aliphatic heterocycles. The normalized spacial score (nSPS) is 14.7. The van der Waals surface area contributed by atoms with Gasteiger partial charge in [-0.2, -0.15) is 4.31 Å². The number of hydrogen-bond acceptors (Lipinski definition) is 5. The molecule has 1 N–H and O–H groups in total. The van der Waals surface area contributed by atoms with Crippen LogP contribution in [0.5, 0.6) is 0 Å². The molecule has 1 aromatic heterocycles. The minimum Gasteiger partial charge on any atom is -0.325 e. The van der Waals surface area contributed by atoms with Gasteiger partial charge in [-0.15, -0.1) is 0 Å². The number of aromatic nitrogens is 1. The molecule has 1 amide bonds. The Bertz CT molecular complexity index is 1300. The highest BCUT2D eigenvalue weighted by molar-refractivity contribution is 7.99. The first-order valence-electron chi connectivity index (χ1n) is 10.0. The standard InChI is InChI=1S/C22H21ClFN3O3S2/c1-14-10-22(31-13-21(28)25-15-4-6-19(24)18(23)11-15)26-20-7-5-16(12-17(14)20)32(29,30)27-8-2-3-9-27/h4-7,10-12H,2-3,8-9,13H2,1H3,(H,25,28). The Kier molecular flexibility index (Phi) is 6.71. The summed E-state index contributed by atoms with van der Waals surface area (Å²) in [7, 11) is -3.50. The molecule has 0 radical (unpaired) electrons. The molecule has 4 rings (SSSR count). The third kappa shape index (κ3) is 4.91. The molecule has 0 aliphatic carbocycles. The second-order valence-corrected chi connectivity index (χ2v) is 10.9. The van der Waals surface area contributed by atoms with Crippen molar-refractivity contribution in [2.75, 3.05) is 24.2 Å². The van der Waals surface area contributed by atoms with Gasteiger partial charge in [-0.1, -0.05) is 23.4 Å². The number of anilines is 1. The van der Waals surface area contributed by atoms with Crippen LogP contribution in [0.3, 0.4) is 0 Å². The Hall–Kier alpha value is -2.20. The third-order valence-electron chi connectivity index (χ3n) is 5.22. The van der Waals surface area contributed by atoms with Crippen molar-refractivity contribution >= 4 is 55.9 Å². The zero-order chi connectivity index (χ0) is 22.9. The Labute approximate surface area is 195 Å². The van der Waals surface area contributed by atoms with Gasteiger partial charge >= 0.3 is 0 Å². The molecule has 2 aromatic carbocycles. The summed E-state index contributed by atoms with van der Waals surface area (Å²) in [5.74, 6) is -0.718. The molecule has 0 bridgehead atoms. The van der Waals surface area contributed by atoms with Crippen molar-refractivity contribution in [2.24, 2.45) is 0 Å². The van der Waals surface area contributed by atoms with Crippen LogP contribution in [0.15, 0.2) is 52.4 Å². The molecule has 3 aromatic rings. The number of thioether (sulfide) groups is 1. The lowest BCUT2D eigenvalue weighted by Gasteiger charge is -2.16. The average Bonchev–Trinajstić information content (AvgIpc) is 3.31. The van der Waals surface area contributed by atoms with Gasteiger partial charge in [0.2, 0.25) is 15.9 Å². The zero-order valence-electron chi connectivity index (χ0n) is 17.3. The summed E-state index contributed by atoms with van der Waals surface area (Å²) in [6.07, 6.45) is 1.77. The lowest BCUT2D eigenvalue weighted by molar-refractivity contribution is -0.113. The number of hydrogen-bond donors (Lipinski definition) is 1. The second-order valence-electron chi connectivity index (χ2n) is 7.53. The lowest BCUT2D eigenvalue weighted by atomic mass is 10.1. The molecule has 168 valence electrons. The quantitative estimate of drug-likeness (QED) is 0.496. The van der Waals surface area contributed by atoms with Crippen molar-refractivity contribution in [3.63, 3.8) is 0 Å². The van der Waals surface area contributed by atoms with Crippen molar-refractivity contribution < 1.29 is 17.6 Å². The fourth-order valence-corrected chi connectivity index (χ4v) is 6.06. The number of nitrogens with one attached hydrogen (secondary N) is 1. The molecule has 32 heavy (non-hydrogen) atoms. The van der Waals surface area contributed by atoms with Crippen LogP contribution >= 0.6 is 23.4 Å². The molecule has 2 heterocycles. The third-order valence-corrected chi connectivity index (χ3v) is 8.32. The van der Waals surface area contributed by atoms with E-state index in [9.17, 15) is 17.6 Å². The molecule has 1 fully saturated rings. The van der Waals surface area contributed by atoms with E-state index in [2.05, 4.69) is 10.3 Å². The number of nitrogens with zero attached hydrogens (tertiary/aromatic N) is 2. The van der Waals surface area contributed by atoms with Gasteiger partial charge in [-0.05, 0) is 67.8 Å². The fraction of sp³-hybridized carbons (Fsp3) is 0.273. The van der Waals surface area contributed by atoms with E-state index in [0.717, 1.165) is 23.8 Å². The minimum atomic E-state index is -3.50. The Morgan fingerprint density at radius 2 is 1.94 bits per heavy atom. The Balaban J connectivity index is 1.48. The topological polar surface area (TPSA) is 79.4 Å². The van der Waals surface area contributed by atoms with Gasteiger partial charge in [-0.3, -0.25) is 4.79 Å². The second kappa shape index (κ2) is 9.35. The number of aryl methyl sites for hydroxylation is 1. The number of amides is 1.